The quantitative estimate of drug-likeness (QED) is 0.766. The second-order valence-electron chi connectivity index (χ2n) is 7.99. The minimum absolute atomic E-state index is 0.0472. The van der Waals surface area contributed by atoms with E-state index in [0.29, 0.717) is 50.5 Å². The molecular formula is C22H25FN4O3S. The average molecular weight is 445 g/mol. The Morgan fingerprint density at radius 3 is 2.48 bits per heavy atom. The Morgan fingerprint density at radius 1 is 1.10 bits per heavy atom. The molecule has 1 atom stereocenters. The number of benzene rings is 2. The Bertz CT molecular complexity index is 1090. The summed E-state index contributed by atoms with van der Waals surface area (Å²) in [4.78, 5) is 16.9. The van der Waals surface area contributed by atoms with Crippen LogP contribution in [-0.4, -0.2) is 51.2 Å². The lowest BCUT2D eigenvalue weighted by Gasteiger charge is -2.36. The smallest absolute Gasteiger partial charge is 0.286 e. The van der Waals surface area contributed by atoms with E-state index < -0.39 is 10.0 Å². The lowest BCUT2D eigenvalue weighted by molar-refractivity contribution is -0.132. The van der Waals surface area contributed by atoms with Gasteiger partial charge in [-0.2, -0.15) is 8.42 Å². The molecule has 2 heterocycles. The van der Waals surface area contributed by atoms with Gasteiger partial charge in [-0.1, -0.05) is 19.1 Å². The van der Waals surface area contributed by atoms with E-state index >= 15 is 0 Å². The lowest BCUT2D eigenvalue weighted by atomic mass is 10.0. The molecule has 1 fully saturated rings. The minimum atomic E-state index is -3.72. The van der Waals surface area contributed by atoms with Crippen LogP contribution < -0.4 is 10.2 Å². The first-order valence-corrected chi connectivity index (χ1v) is 11.7. The SMILES string of the molecule is C[C@H](CC(=O)N1CCN(c2ccc(F)cc2)CC1)CC1=NS(=O)(=O)c2ccccc2N1. The molecule has 1 amide bonds. The molecular weight excluding hydrogens is 419 g/mol. The number of carbonyl (C=O) groups is 1. The van der Waals surface area contributed by atoms with Crippen molar-refractivity contribution in [2.75, 3.05) is 36.4 Å². The van der Waals surface area contributed by atoms with E-state index in [2.05, 4.69) is 14.6 Å². The summed E-state index contributed by atoms with van der Waals surface area (Å²) in [6.07, 6.45) is 0.688. The summed E-state index contributed by atoms with van der Waals surface area (Å²) < 4.78 is 41.7. The van der Waals surface area contributed by atoms with E-state index in [1.165, 1.54) is 18.2 Å². The summed E-state index contributed by atoms with van der Waals surface area (Å²) in [6, 6.07) is 13.0. The molecule has 2 aliphatic rings. The molecule has 1 N–H and O–H groups in total. The predicted molar refractivity (Wildman–Crippen MR) is 118 cm³/mol. The van der Waals surface area contributed by atoms with Gasteiger partial charge in [-0.15, -0.1) is 4.40 Å². The molecule has 0 aromatic heterocycles. The first kappa shape index (κ1) is 21.3. The van der Waals surface area contributed by atoms with Crippen molar-refractivity contribution in [3.05, 3.63) is 54.3 Å². The lowest BCUT2D eigenvalue weighted by Crippen LogP contribution is -2.49. The molecule has 9 heteroatoms. The highest BCUT2D eigenvalue weighted by atomic mass is 32.2. The van der Waals surface area contributed by atoms with E-state index in [9.17, 15) is 17.6 Å². The number of rotatable bonds is 5. The Balaban J connectivity index is 1.30. The molecule has 31 heavy (non-hydrogen) atoms. The fraction of sp³-hybridized carbons (Fsp3) is 0.364. The summed E-state index contributed by atoms with van der Waals surface area (Å²) in [5.74, 6) is 0.0836. The number of piperazine rings is 1. The van der Waals surface area contributed by atoms with E-state index in [1.54, 1.807) is 30.3 Å². The predicted octanol–water partition coefficient (Wildman–Crippen LogP) is 3.10. The van der Waals surface area contributed by atoms with Crippen LogP contribution in [0.15, 0.2) is 57.8 Å². The Hall–Kier alpha value is -2.94. The van der Waals surface area contributed by atoms with Gasteiger partial charge >= 0.3 is 0 Å². The third-order valence-electron chi connectivity index (χ3n) is 5.56. The van der Waals surface area contributed by atoms with Gasteiger partial charge in [-0.3, -0.25) is 4.79 Å². The van der Waals surface area contributed by atoms with Crippen LogP contribution in [0.3, 0.4) is 0 Å². The largest absolute Gasteiger partial charge is 0.368 e. The molecule has 0 spiro atoms. The zero-order chi connectivity index (χ0) is 22.0. The molecule has 0 radical (unpaired) electrons. The second-order valence-corrected chi connectivity index (χ2v) is 9.56. The van der Waals surface area contributed by atoms with Gasteiger partial charge in [0.1, 0.15) is 16.5 Å². The summed E-state index contributed by atoms with van der Waals surface area (Å²) in [5, 5.41) is 3.08. The molecule has 7 nitrogen and oxygen atoms in total. The van der Waals surface area contributed by atoms with Gasteiger partial charge in [0, 0.05) is 44.7 Å². The monoisotopic (exact) mass is 444 g/mol. The van der Waals surface area contributed by atoms with Crippen molar-refractivity contribution in [2.45, 2.75) is 24.7 Å². The number of sulfonamides is 1. The first-order chi connectivity index (χ1) is 14.8. The fourth-order valence-corrected chi connectivity index (χ4v) is 5.11. The molecule has 2 aromatic carbocycles. The average Bonchev–Trinajstić information content (AvgIpc) is 2.74. The third-order valence-corrected chi connectivity index (χ3v) is 6.94. The van der Waals surface area contributed by atoms with Crippen LogP contribution in [0.25, 0.3) is 0 Å². The number of hydrogen-bond acceptors (Lipinski definition) is 5. The first-order valence-electron chi connectivity index (χ1n) is 10.3. The molecule has 0 bridgehead atoms. The Labute approximate surface area is 181 Å². The summed E-state index contributed by atoms with van der Waals surface area (Å²) in [6.45, 7) is 4.50. The molecule has 4 rings (SSSR count). The van der Waals surface area contributed by atoms with Crippen molar-refractivity contribution in [1.29, 1.82) is 0 Å². The van der Waals surface area contributed by atoms with Crippen molar-refractivity contribution < 1.29 is 17.6 Å². The van der Waals surface area contributed by atoms with Crippen LogP contribution in [0.1, 0.15) is 19.8 Å². The Morgan fingerprint density at radius 2 is 1.77 bits per heavy atom. The van der Waals surface area contributed by atoms with Crippen LogP contribution >= 0.6 is 0 Å². The number of carbonyl (C=O) groups excluding carboxylic acids is 1. The molecule has 2 aromatic rings. The van der Waals surface area contributed by atoms with Crippen molar-refractivity contribution in [1.82, 2.24) is 4.90 Å². The molecule has 2 aliphatic heterocycles. The van der Waals surface area contributed by atoms with Gasteiger partial charge in [0.15, 0.2) is 0 Å². The molecule has 0 aliphatic carbocycles. The van der Waals surface area contributed by atoms with Gasteiger partial charge in [-0.25, -0.2) is 4.39 Å². The zero-order valence-corrected chi connectivity index (χ0v) is 18.1. The standard InChI is InChI=1S/C22H25FN4O3S/c1-16(14-21-24-19-4-2-3-5-20(19)31(29,30)25-21)15-22(28)27-12-10-26(11-13-27)18-8-6-17(23)7-9-18/h2-9,16H,10-15H2,1H3,(H,24,25)/t16-/m0/s1. The number of amides is 1. The van der Waals surface area contributed by atoms with E-state index in [0.717, 1.165) is 5.69 Å². The van der Waals surface area contributed by atoms with Crippen molar-refractivity contribution in [3.8, 4) is 0 Å². The highest BCUT2D eigenvalue weighted by Gasteiger charge is 2.27. The van der Waals surface area contributed by atoms with Crippen LogP contribution in [-0.2, 0) is 14.8 Å². The third kappa shape index (κ3) is 4.87. The number of nitrogens with zero attached hydrogens (tertiary/aromatic N) is 3. The number of para-hydroxylation sites is 1. The van der Waals surface area contributed by atoms with Crippen molar-refractivity contribution in [2.24, 2.45) is 10.3 Å². The van der Waals surface area contributed by atoms with Gasteiger partial charge < -0.3 is 15.1 Å². The van der Waals surface area contributed by atoms with Crippen LogP contribution in [0.4, 0.5) is 15.8 Å². The van der Waals surface area contributed by atoms with E-state index in [-0.39, 0.29) is 22.5 Å². The second kappa shape index (κ2) is 8.66. The molecule has 164 valence electrons. The fourth-order valence-electron chi connectivity index (χ4n) is 3.95. The maximum absolute atomic E-state index is 13.1. The number of halogens is 1. The van der Waals surface area contributed by atoms with Crippen LogP contribution in [0, 0.1) is 11.7 Å². The van der Waals surface area contributed by atoms with Crippen molar-refractivity contribution in [3.63, 3.8) is 0 Å². The topological polar surface area (TPSA) is 82.1 Å². The van der Waals surface area contributed by atoms with E-state index in [1.807, 2.05) is 11.8 Å². The number of fused-ring (bicyclic) bond motifs is 1. The van der Waals surface area contributed by atoms with Gasteiger partial charge in [0.25, 0.3) is 10.0 Å². The molecule has 1 saturated heterocycles. The Kier molecular flexibility index (Phi) is 5.95. The number of amidine groups is 1. The number of anilines is 2. The highest BCUT2D eigenvalue weighted by molar-refractivity contribution is 7.90. The van der Waals surface area contributed by atoms with Crippen LogP contribution in [0.5, 0.6) is 0 Å². The van der Waals surface area contributed by atoms with Crippen LogP contribution in [0.2, 0.25) is 0 Å². The van der Waals surface area contributed by atoms with E-state index in [4.69, 9.17) is 0 Å². The molecule has 0 unspecified atom stereocenters. The number of nitrogens with one attached hydrogen (secondary N) is 1. The summed E-state index contributed by atoms with van der Waals surface area (Å²) >= 11 is 0. The van der Waals surface area contributed by atoms with Gasteiger partial charge in [-0.05, 0) is 42.3 Å². The van der Waals surface area contributed by atoms with Gasteiger partial charge in [0.05, 0.1) is 5.69 Å². The maximum Gasteiger partial charge on any atom is 0.286 e. The highest BCUT2D eigenvalue weighted by Crippen LogP contribution is 2.28. The summed E-state index contributed by atoms with van der Waals surface area (Å²) in [5.41, 5.74) is 1.47. The minimum Gasteiger partial charge on any atom is -0.368 e. The normalized spacial score (nSPS) is 18.6. The number of hydrogen-bond donors (Lipinski definition) is 1. The van der Waals surface area contributed by atoms with Gasteiger partial charge in [0.2, 0.25) is 5.91 Å². The molecule has 0 saturated carbocycles. The van der Waals surface area contributed by atoms with Crippen molar-refractivity contribution >= 4 is 33.1 Å². The summed E-state index contributed by atoms with van der Waals surface area (Å²) in [7, 11) is -3.72. The zero-order valence-electron chi connectivity index (χ0n) is 17.3. The maximum atomic E-state index is 13.1.